The van der Waals surface area contributed by atoms with Crippen LogP contribution in [0.4, 0.5) is 4.79 Å². The van der Waals surface area contributed by atoms with Crippen molar-refractivity contribution in [2.75, 3.05) is 6.61 Å². The molecule has 0 unspecified atom stereocenters. The number of imide groups is 1. The van der Waals surface area contributed by atoms with E-state index in [1.54, 1.807) is 12.2 Å². The molecule has 100 valence electrons. The van der Waals surface area contributed by atoms with Crippen molar-refractivity contribution in [3.8, 4) is 0 Å². The second kappa shape index (κ2) is 7.76. The van der Waals surface area contributed by atoms with Crippen LogP contribution in [-0.4, -0.2) is 35.5 Å². The zero-order valence-corrected chi connectivity index (χ0v) is 9.62. The van der Waals surface area contributed by atoms with Crippen molar-refractivity contribution in [3.05, 3.63) is 22.3 Å². The van der Waals surface area contributed by atoms with E-state index in [0.717, 1.165) is 12.2 Å². The van der Waals surface area contributed by atoms with Gasteiger partial charge in [-0.05, 0) is 0 Å². The Morgan fingerprint density at radius 3 is 2.50 bits per heavy atom. The van der Waals surface area contributed by atoms with Gasteiger partial charge in [0.25, 0.3) is 5.91 Å². The monoisotopic (exact) mass is 259 g/mol. The third-order valence-electron chi connectivity index (χ3n) is 1.80. The standard InChI is InChI=1S/C9H13N3O6/c1-2-6(12(16)17)5-18-8(14)4-3-7(13)11-9(10)15/h3-4,6H,2,5H2,1H3,(H3,10,11,13,15)/b4-3-/t6-/m0/s1. The molecule has 9 nitrogen and oxygen atoms in total. The van der Waals surface area contributed by atoms with E-state index in [1.165, 1.54) is 0 Å². The summed E-state index contributed by atoms with van der Waals surface area (Å²) >= 11 is 0. The van der Waals surface area contributed by atoms with Crippen LogP contribution in [0.3, 0.4) is 0 Å². The lowest BCUT2D eigenvalue weighted by atomic mass is 10.2. The maximum Gasteiger partial charge on any atom is 0.331 e. The smallest absolute Gasteiger partial charge is 0.331 e. The molecule has 0 aromatic heterocycles. The number of hydrogen-bond donors (Lipinski definition) is 2. The Morgan fingerprint density at radius 2 is 2.06 bits per heavy atom. The molecule has 9 heteroatoms. The predicted octanol–water partition coefficient (Wildman–Crippen LogP) is -0.664. The molecule has 0 aromatic carbocycles. The molecular formula is C9H13N3O6. The third kappa shape index (κ3) is 6.93. The number of nitrogens with zero attached hydrogens (tertiary/aromatic N) is 1. The minimum absolute atomic E-state index is 0.214. The molecule has 0 aromatic rings. The number of esters is 1. The van der Waals surface area contributed by atoms with Gasteiger partial charge in [-0.3, -0.25) is 20.2 Å². The van der Waals surface area contributed by atoms with Crippen molar-refractivity contribution < 1.29 is 24.0 Å². The predicted molar refractivity (Wildman–Crippen MR) is 58.9 cm³/mol. The van der Waals surface area contributed by atoms with Gasteiger partial charge in [0.1, 0.15) is 0 Å². The fourth-order valence-electron chi connectivity index (χ4n) is 0.861. The lowest BCUT2D eigenvalue weighted by Crippen LogP contribution is -2.33. The maximum absolute atomic E-state index is 11.0. The highest BCUT2D eigenvalue weighted by molar-refractivity contribution is 6.02. The highest BCUT2D eigenvalue weighted by Gasteiger charge is 2.18. The fraction of sp³-hybridized carbons (Fsp3) is 0.444. The van der Waals surface area contributed by atoms with Gasteiger partial charge >= 0.3 is 12.0 Å². The number of carbonyl (C=O) groups is 3. The van der Waals surface area contributed by atoms with Gasteiger partial charge < -0.3 is 10.5 Å². The number of hydrogen-bond acceptors (Lipinski definition) is 6. The minimum Gasteiger partial charge on any atom is -0.455 e. The van der Waals surface area contributed by atoms with Crippen molar-refractivity contribution in [2.45, 2.75) is 19.4 Å². The summed E-state index contributed by atoms with van der Waals surface area (Å²) in [5.41, 5.74) is 4.65. The molecule has 0 spiro atoms. The number of ether oxygens (including phenoxy) is 1. The van der Waals surface area contributed by atoms with Gasteiger partial charge in [-0.1, -0.05) is 6.92 Å². The molecule has 3 N–H and O–H groups in total. The van der Waals surface area contributed by atoms with Crippen molar-refractivity contribution in [3.63, 3.8) is 0 Å². The van der Waals surface area contributed by atoms with E-state index in [4.69, 9.17) is 0 Å². The van der Waals surface area contributed by atoms with Crippen LogP contribution >= 0.6 is 0 Å². The van der Waals surface area contributed by atoms with Gasteiger partial charge in [-0.15, -0.1) is 0 Å². The van der Waals surface area contributed by atoms with Crippen molar-refractivity contribution in [2.24, 2.45) is 5.73 Å². The Balaban J connectivity index is 4.11. The summed E-state index contributed by atoms with van der Waals surface area (Å²) in [5.74, 6) is -1.81. The molecule has 3 amide bonds. The number of amides is 3. The van der Waals surface area contributed by atoms with E-state index in [-0.39, 0.29) is 13.0 Å². The first-order chi connectivity index (χ1) is 8.36. The van der Waals surface area contributed by atoms with Crippen LogP contribution in [0.2, 0.25) is 0 Å². The average molecular weight is 259 g/mol. The number of nitro groups is 1. The minimum atomic E-state index is -1.06. The van der Waals surface area contributed by atoms with Crippen LogP contribution in [0.25, 0.3) is 0 Å². The zero-order chi connectivity index (χ0) is 14.1. The average Bonchev–Trinajstić information content (AvgIpc) is 2.25. The number of nitrogens with two attached hydrogens (primary N) is 1. The van der Waals surface area contributed by atoms with Crippen LogP contribution in [0, 0.1) is 10.1 Å². The Bertz CT molecular complexity index is 378. The molecule has 0 aliphatic heterocycles. The van der Waals surface area contributed by atoms with E-state index in [1.807, 2.05) is 0 Å². The SMILES string of the molecule is CC[C@@H](COC(=O)/C=C\C(=O)NC(N)=O)[N+](=O)[O-]. The molecular weight excluding hydrogens is 246 g/mol. The molecule has 0 fully saturated rings. The lowest BCUT2D eigenvalue weighted by Gasteiger charge is -2.06. The van der Waals surface area contributed by atoms with Crippen molar-refractivity contribution >= 4 is 17.9 Å². The molecule has 0 heterocycles. The lowest BCUT2D eigenvalue weighted by molar-refractivity contribution is -0.525. The van der Waals surface area contributed by atoms with Gasteiger partial charge in [-0.2, -0.15) is 0 Å². The van der Waals surface area contributed by atoms with E-state index in [2.05, 4.69) is 10.5 Å². The van der Waals surface area contributed by atoms with E-state index < -0.39 is 28.9 Å². The van der Waals surface area contributed by atoms with Crippen LogP contribution in [0.1, 0.15) is 13.3 Å². The number of primary amides is 1. The Morgan fingerprint density at radius 1 is 1.44 bits per heavy atom. The topological polar surface area (TPSA) is 142 Å². The Kier molecular flexibility index (Phi) is 6.71. The molecule has 18 heavy (non-hydrogen) atoms. The summed E-state index contributed by atoms with van der Waals surface area (Å²) in [6.45, 7) is 1.20. The van der Waals surface area contributed by atoms with Gasteiger partial charge in [0.15, 0.2) is 6.61 Å². The highest BCUT2D eigenvalue weighted by atomic mass is 16.6. The van der Waals surface area contributed by atoms with Gasteiger partial charge in [-0.25, -0.2) is 9.59 Å². The number of urea groups is 1. The Hall–Kier alpha value is -2.45. The zero-order valence-electron chi connectivity index (χ0n) is 9.62. The first-order valence-electron chi connectivity index (χ1n) is 4.95. The Labute approximate surface area is 102 Å². The van der Waals surface area contributed by atoms with Crippen molar-refractivity contribution in [1.82, 2.24) is 5.32 Å². The number of rotatable bonds is 6. The molecule has 0 rings (SSSR count). The summed E-state index contributed by atoms with van der Waals surface area (Å²) in [5, 5.41) is 12.1. The normalized spacial score (nSPS) is 11.8. The largest absolute Gasteiger partial charge is 0.455 e. The molecule has 0 saturated carbocycles. The fourth-order valence-corrected chi connectivity index (χ4v) is 0.861. The summed E-state index contributed by atoms with van der Waals surface area (Å²) in [6.07, 6.45) is 1.69. The molecule has 0 radical (unpaired) electrons. The molecule has 0 bridgehead atoms. The third-order valence-corrected chi connectivity index (χ3v) is 1.80. The first-order valence-corrected chi connectivity index (χ1v) is 4.95. The quantitative estimate of drug-likeness (QED) is 0.280. The molecule has 0 aliphatic rings. The van der Waals surface area contributed by atoms with Crippen LogP contribution in [0.5, 0.6) is 0 Å². The second-order valence-electron chi connectivity index (χ2n) is 3.16. The molecule has 0 aliphatic carbocycles. The molecule has 1 atom stereocenters. The van der Waals surface area contributed by atoms with Gasteiger partial charge in [0, 0.05) is 23.5 Å². The first kappa shape index (κ1) is 15.5. The highest BCUT2D eigenvalue weighted by Crippen LogP contribution is 1.97. The van der Waals surface area contributed by atoms with Gasteiger partial charge in [0.05, 0.1) is 0 Å². The van der Waals surface area contributed by atoms with Gasteiger partial charge in [0.2, 0.25) is 6.04 Å². The number of carbonyl (C=O) groups excluding carboxylic acids is 3. The second-order valence-corrected chi connectivity index (χ2v) is 3.16. The summed E-state index contributed by atoms with van der Waals surface area (Å²) in [4.78, 5) is 42.0. The summed E-state index contributed by atoms with van der Waals surface area (Å²) < 4.78 is 4.55. The van der Waals surface area contributed by atoms with Crippen LogP contribution in [0.15, 0.2) is 12.2 Å². The molecule has 0 saturated heterocycles. The maximum atomic E-state index is 11.0. The van der Waals surface area contributed by atoms with Crippen LogP contribution < -0.4 is 11.1 Å². The summed E-state index contributed by atoms with van der Waals surface area (Å²) in [7, 11) is 0. The van der Waals surface area contributed by atoms with E-state index >= 15 is 0 Å². The van der Waals surface area contributed by atoms with Crippen LogP contribution in [-0.2, 0) is 14.3 Å². The number of nitrogens with one attached hydrogen (secondary N) is 1. The summed E-state index contributed by atoms with van der Waals surface area (Å²) in [6, 6.07) is -2.04. The van der Waals surface area contributed by atoms with E-state index in [0.29, 0.717) is 0 Å². The van der Waals surface area contributed by atoms with Crippen molar-refractivity contribution in [1.29, 1.82) is 0 Å². The van der Waals surface area contributed by atoms with E-state index in [9.17, 15) is 24.5 Å².